The minimum atomic E-state index is -0.0960. The number of thiophene rings is 1. The van der Waals surface area contributed by atoms with Crippen LogP contribution in [-0.4, -0.2) is 15.0 Å². The Labute approximate surface area is 155 Å². The minimum absolute atomic E-state index is 0.0960. The summed E-state index contributed by atoms with van der Waals surface area (Å²) >= 11 is 1.50. The van der Waals surface area contributed by atoms with Crippen LogP contribution in [0, 0.1) is 0 Å². The van der Waals surface area contributed by atoms with E-state index in [0.29, 0.717) is 22.7 Å². The van der Waals surface area contributed by atoms with Crippen molar-refractivity contribution in [2.45, 2.75) is 26.3 Å². The highest BCUT2D eigenvalue weighted by Gasteiger charge is 2.12. The molecule has 0 unspecified atom stereocenters. The van der Waals surface area contributed by atoms with Crippen molar-refractivity contribution >= 4 is 21.6 Å². The molecule has 0 radical (unpaired) electrons. The number of fused-ring (bicyclic) bond motifs is 1. The topological polar surface area (TPSA) is 47.8 Å². The lowest BCUT2D eigenvalue weighted by molar-refractivity contribution is 0.602. The Morgan fingerprint density at radius 3 is 2.46 bits per heavy atom. The van der Waals surface area contributed by atoms with Gasteiger partial charge >= 0.3 is 0 Å². The fourth-order valence-corrected chi connectivity index (χ4v) is 3.88. The Hall–Kier alpha value is -2.79. The summed E-state index contributed by atoms with van der Waals surface area (Å²) in [5.41, 5.74) is 3.32. The number of aromatic nitrogens is 3. The Morgan fingerprint density at radius 2 is 1.77 bits per heavy atom. The van der Waals surface area contributed by atoms with Crippen LogP contribution < -0.4 is 5.56 Å². The summed E-state index contributed by atoms with van der Waals surface area (Å²) in [5.74, 6) is 0.491. The van der Waals surface area contributed by atoms with Crippen molar-refractivity contribution in [1.82, 2.24) is 15.0 Å². The standard InChI is InChI=1S/C21H19N3OS/c1-14(2)16-10-8-15(9-11-16)13-24-21(25)18-12-19(26-20(18)22-23-24)17-6-4-3-5-7-17/h3-12,14H,13H2,1-2H3. The molecule has 0 aliphatic carbocycles. The van der Waals surface area contributed by atoms with E-state index in [1.165, 1.54) is 21.6 Å². The second-order valence-corrected chi connectivity index (χ2v) is 7.67. The van der Waals surface area contributed by atoms with Gasteiger partial charge in [0.05, 0.1) is 11.9 Å². The van der Waals surface area contributed by atoms with Crippen LogP contribution in [0.5, 0.6) is 0 Å². The second-order valence-electron chi connectivity index (χ2n) is 6.64. The Bertz CT molecular complexity index is 1100. The lowest BCUT2D eigenvalue weighted by Gasteiger charge is -2.07. The maximum absolute atomic E-state index is 12.8. The van der Waals surface area contributed by atoms with E-state index >= 15 is 0 Å². The van der Waals surface area contributed by atoms with Crippen molar-refractivity contribution in [2.75, 3.05) is 0 Å². The molecular formula is C21H19N3OS. The molecule has 26 heavy (non-hydrogen) atoms. The molecule has 0 aliphatic rings. The molecule has 4 rings (SSSR count). The van der Waals surface area contributed by atoms with Gasteiger partial charge in [-0.25, -0.2) is 4.68 Å². The molecule has 0 saturated heterocycles. The monoisotopic (exact) mass is 361 g/mol. The maximum Gasteiger partial charge on any atom is 0.278 e. The third kappa shape index (κ3) is 3.18. The molecule has 4 aromatic rings. The van der Waals surface area contributed by atoms with Crippen molar-refractivity contribution in [3.8, 4) is 10.4 Å². The fourth-order valence-electron chi connectivity index (χ4n) is 2.91. The van der Waals surface area contributed by atoms with E-state index in [-0.39, 0.29) is 5.56 Å². The summed E-state index contributed by atoms with van der Waals surface area (Å²) in [6.45, 7) is 4.76. The van der Waals surface area contributed by atoms with Gasteiger partial charge in [-0.3, -0.25) is 4.79 Å². The van der Waals surface area contributed by atoms with E-state index < -0.39 is 0 Å². The van der Waals surface area contributed by atoms with Gasteiger partial charge in [0.25, 0.3) is 5.56 Å². The number of benzene rings is 2. The first-order valence-electron chi connectivity index (χ1n) is 8.63. The van der Waals surface area contributed by atoms with Crippen molar-refractivity contribution < 1.29 is 0 Å². The summed E-state index contributed by atoms with van der Waals surface area (Å²) in [6, 6.07) is 20.3. The van der Waals surface area contributed by atoms with Gasteiger partial charge in [-0.15, -0.1) is 16.4 Å². The van der Waals surface area contributed by atoms with Crippen molar-refractivity contribution in [1.29, 1.82) is 0 Å². The first-order valence-corrected chi connectivity index (χ1v) is 9.45. The zero-order valence-corrected chi connectivity index (χ0v) is 15.5. The predicted octanol–water partition coefficient (Wildman–Crippen LogP) is 4.69. The SMILES string of the molecule is CC(C)c1ccc(Cn2nnc3sc(-c4ccccc4)cc3c2=O)cc1. The van der Waals surface area contributed by atoms with Crippen LogP contribution in [0.4, 0.5) is 0 Å². The second kappa shape index (κ2) is 6.84. The van der Waals surface area contributed by atoms with Crippen LogP contribution in [0.1, 0.15) is 30.9 Å². The average molecular weight is 361 g/mol. The van der Waals surface area contributed by atoms with Gasteiger partial charge < -0.3 is 0 Å². The molecule has 2 aromatic heterocycles. The fraction of sp³-hybridized carbons (Fsp3) is 0.190. The van der Waals surface area contributed by atoms with E-state index in [1.807, 2.05) is 36.4 Å². The zero-order valence-electron chi connectivity index (χ0n) is 14.7. The highest BCUT2D eigenvalue weighted by atomic mass is 32.1. The van der Waals surface area contributed by atoms with E-state index in [1.54, 1.807) is 0 Å². The molecule has 5 heteroatoms. The molecule has 0 saturated carbocycles. The molecule has 0 bridgehead atoms. The van der Waals surface area contributed by atoms with Gasteiger partial charge in [0.1, 0.15) is 0 Å². The maximum atomic E-state index is 12.8. The highest BCUT2D eigenvalue weighted by Crippen LogP contribution is 2.30. The van der Waals surface area contributed by atoms with Crippen LogP contribution in [0.25, 0.3) is 20.7 Å². The van der Waals surface area contributed by atoms with Gasteiger partial charge in [0, 0.05) is 4.88 Å². The normalized spacial score (nSPS) is 11.3. The third-order valence-corrected chi connectivity index (χ3v) is 5.53. The number of hydrogen-bond donors (Lipinski definition) is 0. The van der Waals surface area contributed by atoms with Crippen LogP contribution in [0.15, 0.2) is 65.5 Å². The molecule has 2 aromatic carbocycles. The molecule has 2 heterocycles. The third-order valence-electron chi connectivity index (χ3n) is 4.46. The Morgan fingerprint density at radius 1 is 1.04 bits per heavy atom. The van der Waals surface area contributed by atoms with Gasteiger partial charge in [-0.2, -0.15) is 0 Å². The van der Waals surface area contributed by atoms with Crippen molar-refractivity contribution in [3.05, 3.63) is 82.1 Å². The molecular weight excluding hydrogens is 342 g/mol. The first-order chi connectivity index (χ1) is 12.6. The molecule has 0 spiro atoms. The molecule has 0 N–H and O–H groups in total. The molecule has 0 atom stereocenters. The predicted molar refractivity (Wildman–Crippen MR) is 107 cm³/mol. The Balaban J connectivity index is 1.68. The average Bonchev–Trinajstić information content (AvgIpc) is 3.10. The lowest BCUT2D eigenvalue weighted by atomic mass is 10.0. The number of hydrogen-bond acceptors (Lipinski definition) is 4. The van der Waals surface area contributed by atoms with Gasteiger partial charge in [0.2, 0.25) is 0 Å². The highest BCUT2D eigenvalue weighted by molar-refractivity contribution is 7.21. The van der Waals surface area contributed by atoms with E-state index in [4.69, 9.17) is 0 Å². The summed E-state index contributed by atoms with van der Waals surface area (Å²) in [4.78, 5) is 14.5. The van der Waals surface area contributed by atoms with Gasteiger partial charge in [-0.05, 0) is 28.7 Å². The molecule has 0 aliphatic heterocycles. The zero-order chi connectivity index (χ0) is 18.1. The quantitative estimate of drug-likeness (QED) is 0.530. The van der Waals surface area contributed by atoms with Crippen molar-refractivity contribution in [3.63, 3.8) is 0 Å². The molecule has 0 fully saturated rings. The molecule has 4 nitrogen and oxygen atoms in total. The molecule has 130 valence electrons. The van der Waals surface area contributed by atoms with E-state index in [0.717, 1.165) is 16.0 Å². The summed E-state index contributed by atoms with van der Waals surface area (Å²) in [6.07, 6.45) is 0. The lowest BCUT2D eigenvalue weighted by Crippen LogP contribution is -2.24. The minimum Gasteiger partial charge on any atom is -0.267 e. The molecule has 0 amide bonds. The smallest absolute Gasteiger partial charge is 0.267 e. The summed E-state index contributed by atoms with van der Waals surface area (Å²) < 4.78 is 1.44. The van der Waals surface area contributed by atoms with E-state index in [2.05, 4.69) is 48.4 Å². The first kappa shape index (κ1) is 16.7. The van der Waals surface area contributed by atoms with Crippen LogP contribution >= 0.6 is 11.3 Å². The van der Waals surface area contributed by atoms with Crippen molar-refractivity contribution in [2.24, 2.45) is 0 Å². The van der Waals surface area contributed by atoms with Crippen LogP contribution in [0.3, 0.4) is 0 Å². The van der Waals surface area contributed by atoms with Gasteiger partial charge in [-0.1, -0.05) is 73.7 Å². The number of rotatable bonds is 4. The van der Waals surface area contributed by atoms with Gasteiger partial charge in [0.15, 0.2) is 4.83 Å². The summed E-state index contributed by atoms with van der Waals surface area (Å²) in [5, 5.41) is 9.02. The van der Waals surface area contributed by atoms with E-state index in [9.17, 15) is 4.79 Å². The Kier molecular flexibility index (Phi) is 4.39. The number of nitrogens with zero attached hydrogens (tertiary/aromatic N) is 3. The van der Waals surface area contributed by atoms with Crippen LogP contribution in [-0.2, 0) is 6.54 Å². The van der Waals surface area contributed by atoms with Crippen LogP contribution in [0.2, 0.25) is 0 Å². The largest absolute Gasteiger partial charge is 0.278 e. The summed E-state index contributed by atoms with van der Waals surface area (Å²) in [7, 11) is 0.